The van der Waals surface area contributed by atoms with Crippen LogP contribution in [0.4, 0.5) is 0 Å². The molecule has 0 unspecified atom stereocenters. The zero-order valence-corrected chi connectivity index (χ0v) is 16.2. The molecule has 0 saturated carbocycles. The van der Waals surface area contributed by atoms with Gasteiger partial charge in [0.1, 0.15) is 11.5 Å². The van der Waals surface area contributed by atoms with E-state index in [2.05, 4.69) is 42.2 Å². The van der Waals surface area contributed by atoms with Crippen LogP contribution < -0.4 is 0 Å². The zero-order chi connectivity index (χ0) is 19.0. The Morgan fingerprint density at radius 2 is 1.69 bits per heavy atom. The third-order valence-electron chi connectivity index (χ3n) is 4.39. The molecule has 0 aliphatic rings. The first-order chi connectivity index (χ1) is 12.3. The molecule has 2 aromatic carbocycles. The summed E-state index contributed by atoms with van der Waals surface area (Å²) in [7, 11) is 0. The van der Waals surface area contributed by atoms with Crippen LogP contribution >= 0.6 is 12.2 Å². The highest BCUT2D eigenvalue weighted by molar-refractivity contribution is 7.71. The lowest BCUT2D eigenvalue weighted by molar-refractivity contribution is 0.444. The maximum Gasteiger partial charge on any atom is 0.195 e. The summed E-state index contributed by atoms with van der Waals surface area (Å²) in [6.45, 7) is 8.65. The highest BCUT2D eigenvalue weighted by Gasteiger charge is 2.18. The molecule has 0 aliphatic heterocycles. The minimum atomic E-state index is -0.0254. The monoisotopic (exact) mass is 369 g/mol. The summed E-state index contributed by atoms with van der Waals surface area (Å²) in [5, 5.41) is 27.6. The molecule has 0 fully saturated rings. The van der Waals surface area contributed by atoms with E-state index in [0.717, 1.165) is 11.1 Å². The molecule has 136 valence electrons. The molecule has 0 bridgehead atoms. The molecule has 1 heterocycles. The van der Waals surface area contributed by atoms with Gasteiger partial charge in [-0.05, 0) is 49.2 Å². The van der Waals surface area contributed by atoms with Crippen LogP contribution in [-0.4, -0.2) is 25.0 Å². The molecule has 0 atom stereocenters. The van der Waals surface area contributed by atoms with Crippen LogP contribution in [0.2, 0.25) is 0 Å². The van der Waals surface area contributed by atoms with E-state index in [9.17, 15) is 10.2 Å². The van der Waals surface area contributed by atoms with E-state index in [-0.39, 0.29) is 17.4 Å². The van der Waals surface area contributed by atoms with Gasteiger partial charge in [0.15, 0.2) is 10.6 Å². The topological polar surface area (TPSA) is 74.1 Å². The first-order valence-corrected chi connectivity index (χ1v) is 8.95. The second-order valence-electron chi connectivity index (χ2n) is 7.02. The molecule has 0 radical (unpaired) electrons. The fraction of sp³-hybridized carbons (Fsp3) is 0.300. The second-order valence-corrected chi connectivity index (χ2v) is 7.40. The first-order valence-electron chi connectivity index (χ1n) is 8.55. The Bertz CT molecular complexity index is 998. The second kappa shape index (κ2) is 6.96. The SMILES string of the molecule is Cc1cc(C)cc(Cn2c(-c3cc(C(C)C)c(O)cc3O)n[nH]c2=S)c1. The number of nitrogens with one attached hydrogen (secondary N) is 1. The Labute approximate surface area is 158 Å². The average molecular weight is 369 g/mol. The number of aromatic nitrogens is 3. The Balaban J connectivity index is 2.11. The van der Waals surface area contributed by atoms with E-state index in [1.807, 2.05) is 18.4 Å². The van der Waals surface area contributed by atoms with Gasteiger partial charge >= 0.3 is 0 Å². The van der Waals surface area contributed by atoms with Crippen LogP contribution in [-0.2, 0) is 6.54 Å². The molecule has 3 N–H and O–H groups in total. The summed E-state index contributed by atoms with van der Waals surface area (Å²) in [6, 6.07) is 9.49. The number of benzene rings is 2. The molecule has 3 rings (SSSR count). The van der Waals surface area contributed by atoms with Gasteiger partial charge in [-0.3, -0.25) is 9.67 Å². The predicted molar refractivity (Wildman–Crippen MR) is 105 cm³/mol. The number of aromatic amines is 1. The molecule has 5 nitrogen and oxygen atoms in total. The Morgan fingerprint density at radius 3 is 2.31 bits per heavy atom. The van der Waals surface area contributed by atoms with Crippen molar-refractivity contribution in [1.29, 1.82) is 0 Å². The van der Waals surface area contributed by atoms with E-state index in [4.69, 9.17) is 12.2 Å². The fourth-order valence-corrected chi connectivity index (χ4v) is 3.44. The molecule has 26 heavy (non-hydrogen) atoms. The van der Waals surface area contributed by atoms with Crippen molar-refractivity contribution in [3.8, 4) is 22.9 Å². The maximum atomic E-state index is 10.4. The Morgan fingerprint density at radius 1 is 1.04 bits per heavy atom. The summed E-state index contributed by atoms with van der Waals surface area (Å²) in [5.74, 6) is 0.719. The first kappa shape index (κ1) is 18.2. The van der Waals surface area contributed by atoms with E-state index in [1.165, 1.54) is 17.2 Å². The van der Waals surface area contributed by atoms with Crippen molar-refractivity contribution < 1.29 is 10.2 Å². The minimum absolute atomic E-state index is 0.0254. The normalized spacial score (nSPS) is 11.3. The van der Waals surface area contributed by atoms with E-state index in [1.54, 1.807) is 6.07 Å². The number of aromatic hydroxyl groups is 2. The summed E-state index contributed by atoms with van der Waals surface area (Å²) in [5.41, 5.74) is 4.79. The van der Waals surface area contributed by atoms with Gasteiger partial charge < -0.3 is 10.2 Å². The Kier molecular flexibility index (Phi) is 4.87. The number of hydrogen-bond acceptors (Lipinski definition) is 4. The molecular formula is C20H23N3O2S. The van der Waals surface area contributed by atoms with Crippen molar-refractivity contribution in [3.05, 3.63) is 57.4 Å². The summed E-state index contributed by atoms with van der Waals surface area (Å²) >= 11 is 5.41. The number of hydrogen-bond donors (Lipinski definition) is 3. The van der Waals surface area contributed by atoms with Crippen molar-refractivity contribution in [2.24, 2.45) is 0 Å². The number of rotatable bonds is 4. The van der Waals surface area contributed by atoms with Crippen LogP contribution in [0, 0.1) is 18.6 Å². The highest BCUT2D eigenvalue weighted by atomic mass is 32.1. The molecule has 0 spiro atoms. The fourth-order valence-electron chi connectivity index (χ4n) is 3.25. The van der Waals surface area contributed by atoms with Crippen LogP contribution in [0.5, 0.6) is 11.5 Å². The van der Waals surface area contributed by atoms with Crippen molar-refractivity contribution in [2.45, 2.75) is 40.2 Å². The van der Waals surface area contributed by atoms with Crippen LogP contribution in [0.3, 0.4) is 0 Å². The average Bonchev–Trinajstić information content (AvgIpc) is 2.87. The van der Waals surface area contributed by atoms with E-state index in [0.29, 0.717) is 22.7 Å². The van der Waals surface area contributed by atoms with Crippen molar-refractivity contribution in [3.63, 3.8) is 0 Å². The number of nitrogens with zero attached hydrogens (tertiary/aromatic N) is 2. The standard InChI is InChI=1S/C20H23N3O2S/c1-11(2)15-8-16(18(25)9-17(15)24)19-21-22-20(26)23(19)10-14-6-12(3)5-13(4)7-14/h5-9,11,24-25H,10H2,1-4H3,(H,22,26). The van der Waals surface area contributed by atoms with Gasteiger partial charge in [-0.15, -0.1) is 0 Å². The summed E-state index contributed by atoms with van der Waals surface area (Å²) in [4.78, 5) is 0. The van der Waals surface area contributed by atoms with Crippen molar-refractivity contribution in [2.75, 3.05) is 0 Å². The van der Waals surface area contributed by atoms with Crippen LogP contribution in [0.25, 0.3) is 11.4 Å². The highest BCUT2D eigenvalue weighted by Crippen LogP contribution is 2.37. The third kappa shape index (κ3) is 3.51. The van der Waals surface area contributed by atoms with E-state index >= 15 is 0 Å². The minimum Gasteiger partial charge on any atom is -0.508 e. The van der Waals surface area contributed by atoms with Gasteiger partial charge in [0.25, 0.3) is 0 Å². The molecule has 3 aromatic rings. The molecule has 1 aromatic heterocycles. The number of H-pyrrole nitrogens is 1. The largest absolute Gasteiger partial charge is 0.508 e. The van der Waals surface area contributed by atoms with Gasteiger partial charge in [0, 0.05) is 6.07 Å². The molecule has 0 saturated heterocycles. The number of aryl methyl sites for hydroxylation is 2. The lowest BCUT2D eigenvalue weighted by Crippen LogP contribution is -2.04. The third-order valence-corrected chi connectivity index (χ3v) is 4.70. The van der Waals surface area contributed by atoms with Crippen molar-refractivity contribution >= 4 is 12.2 Å². The lowest BCUT2D eigenvalue weighted by Gasteiger charge is -2.14. The van der Waals surface area contributed by atoms with Gasteiger partial charge in [0.05, 0.1) is 12.1 Å². The molecule has 6 heteroatoms. The van der Waals surface area contributed by atoms with Gasteiger partial charge in [-0.25, -0.2) is 0 Å². The van der Waals surface area contributed by atoms with Gasteiger partial charge in [-0.2, -0.15) is 5.10 Å². The smallest absolute Gasteiger partial charge is 0.195 e. The van der Waals surface area contributed by atoms with Gasteiger partial charge in [-0.1, -0.05) is 43.2 Å². The number of phenolic OH excluding ortho intramolecular Hbond substituents is 2. The summed E-state index contributed by atoms with van der Waals surface area (Å²) in [6.07, 6.45) is 0. The maximum absolute atomic E-state index is 10.4. The zero-order valence-electron chi connectivity index (χ0n) is 15.4. The molecular weight excluding hydrogens is 346 g/mol. The predicted octanol–water partition coefficient (Wildman–Crippen LogP) is 4.81. The Hall–Kier alpha value is -2.60. The molecule has 0 aliphatic carbocycles. The quantitative estimate of drug-likeness (QED) is 0.577. The number of phenols is 2. The molecule has 0 amide bonds. The van der Waals surface area contributed by atoms with Gasteiger partial charge in [0.2, 0.25) is 0 Å². The van der Waals surface area contributed by atoms with E-state index < -0.39 is 0 Å². The van der Waals surface area contributed by atoms with Crippen LogP contribution in [0.1, 0.15) is 42.0 Å². The lowest BCUT2D eigenvalue weighted by atomic mass is 9.98. The van der Waals surface area contributed by atoms with Crippen molar-refractivity contribution in [1.82, 2.24) is 14.8 Å². The summed E-state index contributed by atoms with van der Waals surface area (Å²) < 4.78 is 2.34. The van der Waals surface area contributed by atoms with Crippen LogP contribution in [0.15, 0.2) is 30.3 Å².